The van der Waals surface area contributed by atoms with Crippen molar-refractivity contribution < 1.29 is 41.0 Å². The summed E-state index contributed by atoms with van der Waals surface area (Å²) in [5.74, 6) is -2.71. The molecule has 2 atom stereocenters. The Morgan fingerprint density at radius 2 is 2.00 bits per heavy atom. The first-order chi connectivity index (χ1) is 13.9. The fraction of sp³-hybridized carbons (Fsp3) is 0.438. The van der Waals surface area contributed by atoms with Crippen molar-refractivity contribution in [1.82, 2.24) is 0 Å². The molecule has 164 valence electrons. The smallest absolute Gasteiger partial charge is 0.416 e. The molecule has 1 amide bonds. The fourth-order valence-electron chi connectivity index (χ4n) is 3.08. The Kier molecular flexibility index (Phi) is 6.37. The van der Waals surface area contributed by atoms with Crippen LogP contribution in [0.15, 0.2) is 23.2 Å². The highest BCUT2D eigenvalue weighted by Crippen LogP contribution is 2.44. The van der Waals surface area contributed by atoms with E-state index in [9.17, 15) is 31.2 Å². The Labute approximate surface area is 178 Å². The number of carbonyl (C=O) groups is 2. The lowest BCUT2D eigenvalue weighted by atomic mass is 10.1. The first-order valence-corrected chi connectivity index (χ1v) is 11.4. The topological polar surface area (TPSA) is 113 Å². The van der Waals surface area contributed by atoms with Gasteiger partial charge in [0.1, 0.15) is 13.2 Å². The number of hydrogen-bond donors (Lipinski definition) is 1. The van der Waals surface area contributed by atoms with Crippen molar-refractivity contribution in [1.29, 1.82) is 0 Å². The van der Waals surface area contributed by atoms with Gasteiger partial charge in [-0.3, -0.25) is 4.79 Å². The number of rotatable bonds is 5. The zero-order valence-corrected chi connectivity index (χ0v) is 17.3. The molecule has 1 N–H and O–H groups in total. The Morgan fingerprint density at radius 3 is 2.63 bits per heavy atom. The van der Waals surface area contributed by atoms with E-state index in [0.29, 0.717) is 0 Å². The number of benzene rings is 1. The number of sulfone groups is 1. The average Bonchev–Trinajstić information content (AvgIpc) is 3.05. The van der Waals surface area contributed by atoms with Crippen LogP contribution in [0.25, 0.3) is 0 Å². The van der Waals surface area contributed by atoms with Crippen LogP contribution in [0.4, 0.5) is 18.9 Å². The molecule has 2 saturated heterocycles. The zero-order valence-electron chi connectivity index (χ0n) is 14.9. The first kappa shape index (κ1) is 22.8. The Balaban J connectivity index is 1.97. The third-order valence-corrected chi connectivity index (χ3v) is 7.80. The van der Waals surface area contributed by atoms with Crippen LogP contribution in [0.5, 0.6) is 0 Å². The van der Waals surface area contributed by atoms with Gasteiger partial charge in [0.25, 0.3) is 5.91 Å². The van der Waals surface area contributed by atoms with Gasteiger partial charge in [0.2, 0.25) is 0 Å². The molecule has 2 heterocycles. The molecule has 1 aromatic carbocycles. The van der Waals surface area contributed by atoms with Crippen molar-refractivity contribution in [3.05, 3.63) is 28.8 Å². The van der Waals surface area contributed by atoms with Gasteiger partial charge in [-0.1, -0.05) is 23.4 Å². The Hall–Kier alpha value is -1.83. The van der Waals surface area contributed by atoms with Gasteiger partial charge in [-0.2, -0.15) is 18.2 Å². The molecule has 2 aliphatic rings. The third-order valence-electron chi connectivity index (χ3n) is 4.27. The van der Waals surface area contributed by atoms with Gasteiger partial charge in [-0.05, 0) is 18.2 Å². The summed E-state index contributed by atoms with van der Waals surface area (Å²) >= 11 is 7.05. The molecule has 0 radical (unpaired) electrons. The van der Waals surface area contributed by atoms with Gasteiger partial charge in [0.05, 0.1) is 33.8 Å². The molecule has 1 aromatic rings. The van der Waals surface area contributed by atoms with Crippen LogP contribution in [-0.2, 0) is 30.3 Å². The molecule has 14 heteroatoms. The van der Waals surface area contributed by atoms with Crippen molar-refractivity contribution in [3.8, 4) is 0 Å². The highest BCUT2D eigenvalue weighted by atomic mass is 35.5. The predicted octanol–water partition coefficient (Wildman–Crippen LogP) is 2.06. The summed E-state index contributed by atoms with van der Waals surface area (Å²) < 4.78 is 68.3. The van der Waals surface area contributed by atoms with E-state index < -0.39 is 58.0 Å². The van der Waals surface area contributed by atoms with E-state index in [4.69, 9.17) is 16.7 Å². The van der Waals surface area contributed by atoms with Crippen molar-refractivity contribution in [2.75, 3.05) is 29.6 Å². The van der Waals surface area contributed by atoms with E-state index in [2.05, 4.69) is 9.73 Å². The lowest BCUT2D eigenvalue weighted by molar-refractivity contribution is -0.143. The molecule has 0 saturated carbocycles. The summed E-state index contributed by atoms with van der Waals surface area (Å²) in [6.07, 6.45) is -4.66. The van der Waals surface area contributed by atoms with Crippen molar-refractivity contribution in [3.63, 3.8) is 0 Å². The number of amides is 1. The zero-order chi connectivity index (χ0) is 22.3. The maximum atomic E-state index is 13.2. The molecule has 2 unspecified atom stereocenters. The third kappa shape index (κ3) is 5.07. The van der Waals surface area contributed by atoms with E-state index >= 15 is 0 Å². The minimum Gasteiger partial charge on any atom is -0.480 e. The molecule has 0 aromatic heterocycles. The second-order valence-corrected chi connectivity index (χ2v) is 10.3. The summed E-state index contributed by atoms with van der Waals surface area (Å²) in [5, 5.41) is 7.89. The average molecular weight is 487 g/mol. The maximum absolute atomic E-state index is 13.2. The summed E-state index contributed by atoms with van der Waals surface area (Å²) in [6, 6.07) is 1.85. The summed E-state index contributed by atoms with van der Waals surface area (Å²) in [7, 11) is -3.43. The molecular formula is C16H14ClF3N2O6S2. The molecule has 0 aliphatic carbocycles. The van der Waals surface area contributed by atoms with Crippen LogP contribution in [0.1, 0.15) is 5.56 Å². The number of hydrogen-bond acceptors (Lipinski definition) is 6. The number of carboxylic acids is 1. The van der Waals surface area contributed by atoms with E-state index in [1.165, 1.54) is 4.90 Å². The number of carboxylic acid groups (broad SMARTS) is 1. The van der Waals surface area contributed by atoms with Crippen LogP contribution >= 0.6 is 23.4 Å². The Morgan fingerprint density at radius 1 is 1.30 bits per heavy atom. The molecular weight excluding hydrogens is 473 g/mol. The number of aliphatic carboxylic acids is 1. The number of carbonyl (C=O) groups excluding carboxylic acids is 1. The number of amidine groups is 1. The SMILES string of the molecule is O=C(O)COCC(=O)N=C1SC2CS(=O)(=O)CC2N1c1cc(C(F)(F)F)ccc1Cl. The standard InChI is InChI=1S/C16H14ClF3N2O6S2/c17-9-2-1-8(16(18,19)20)3-10(9)22-11-6-30(26,27)7-12(11)29-15(22)21-13(23)4-28-5-14(24)25/h1-3,11-12H,4-7H2,(H,24,25). The van der Waals surface area contributed by atoms with Crippen LogP contribution < -0.4 is 4.90 Å². The number of halogens is 4. The van der Waals surface area contributed by atoms with Gasteiger partial charge in [-0.15, -0.1) is 0 Å². The van der Waals surface area contributed by atoms with Crippen LogP contribution in [0, 0.1) is 0 Å². The highest BCUT2D eigenvalue weighted by molar-refractivity contribution is 8.16. The van der Waals surface area contributed by atoms with E-state index in [0.717, 1.165) is 30.0 Å². The summed E-state index contributed by atoms with van der Waals surface area (Å²) in [5.41, 5.74) is -1.12. The number of thioether (sulfide) groups is 1. The fourth-order valence-corrected chi connectivity index (χ4v) is 7.22. The normalized spacial score (nSPS) is 24.3. The van der Waals surface area contributed by atoms with Crippen molar-refractivity contribution >= 4 is 55.9 Å². The molecule has 2 aliphatic heterocycles. The van der Waals surface area contributed by atoms with Gasteiger partial charge in [0.15, 0.2) is 15.0 Å². The van der Waals surface area contributed by atoms with Crippen molar-refractivity contribution in [2.45, 2.75) is 17.5 Å². The molecule has 8 nitrogen and oxygen atoms in total. The molecule has 0 spiro atoms. The van der Waals surface area contributed by atoms with Gasteiger partial charge in [-0.25, -0.2) is 13.2 Å². The minimum atomic E-state index is -4.66. The summed E-state index contributed by atoms with van der Waals surface area (Å²) in [6.45, 7) is -1.38. The maximum Gasteiger partial charge on any atom is 0.416 e. The number of ether oxygens (including phenoxy) is 1. The van der Waals surface area contributed by atoms with Crippen molar-refractivity contribution in [2.24, 2.45) is 4.99 Å². The molecule has 3 rings (SSSR count). The van der Waals surface area contributed by atoms with Gasteiger partial charge in [0, 0.05) is 5.25 Å². The number of alkyl halides is 3. The quantitative estimate of drug-likeness (QED) is 0.673. The van der Waals surface area contributed by atoms with Gasteiger partial charge >= 0.3 is 12.1 Å². The molecule has 2 fully saturated rings. The monoisotopic (exact) mass is 486 g/mol. The predicted molar refractivity (Wildman–Crippen MR) is 104 cm³/mol. The molecule has 30 heavy (non-hydrogen) atoms. The van der Waals surface area contributed by atoms with Gasteiger partial charge < -0.3 is 14.7 Å². The largest absolute Gasteiger partial charge is 0.480 e. The number of nitrogens with zero attached hydrogens (tertiary/aromatic N) is 2. The lowest BCUT2D eigenvalue weighted by Gasteiger charge is -2.26. The second-order valence-electron chi connectivity index (χ2n) is 6.51. The van der Waals surface area contributed by atoms with E-state index in [1.807, 2.05) is 0 Å². The van der Waals surface area contributed by atoms with E-state index in [1.54, 1.807) is 0 Å². The Bertz CT molecular complexity index is 1010. The van der Waals surface area contributed by atoms with Crippen LogP contribution in [0.2, 0.25) is 5.02 Å². The van der Waals surface area contributed by atoms with Crippen LogP contribution in [0.3, 0.4) is 0 Å². The first-order valence-electron chi connectivity index (χ1n) is 8.31. The number of anilines is 1. The van der Waals surface area contributed by atoms with Crippen LogP contribution in [-0.4, -0.2) is 66.6 Å². The second kappa shape index (κ2) is 8.36. The molecule has 0 bridgehead atoms. The minimum absolute atomic E-state index is 0.0231. The number of aliphatic imine (C=N–C) groups is 1. The lowest BCUT2D eigenvalue weighted by Crippen LogP contribution is -2.38. The number of fused-ring (bicyclic) bond motifs is 1. The van der Waals surface area contributed by atoms with E-state index in [-0.39, 0.29) is 27.4 Å². The summed E-state index contributed by atoms with van der Waals surface area (Å²) in [4.78, 5) is 27.5. The highest BCUT2D eigenvalue weighted by Gasteiger charge is 2.50.